The van der Waals surface area contributed by atoms with Crippen LogP contribution in [0.3, 0.4) is 0 Å². The second-order valence-electron chi connectivity index (χ2n) is 6.22. The van der Waals surface area contributed by atoms with E-state index in [1.807, 2.05) is 36.6 Å². The number of rotatable bonds is 7. The lowest BCUT2D eigenvalue weighted by Gasteiger charge is -2.10. The zero-order valence-corrected chi connectivity index (χ0v) is 15.4. The van der Waals surface area contributed by atoms with Crippen molar-refractivity contribution in [2.24, 2.45) is 5.16 Å². The van der Waals surface area contributed by atoms with Gasteiger partial charge in [0, 0.05) is 17.7 Å². The zero-order chi connectivity index (χ0) is 18.4. The summed E-state index contributed by atoms with van der Waals surface area (Å²) in [6, 6.07) is 14.4. The third-order valence-corrected chi connectivity index (χ3v) is 4.89. The lowest BCUT2D eigenvalue weighted by molar-refractivity contribution is -0.121. The van der Waals surface area contributed by atoms with E-state index >= 15 is 0 Å². The van der Waals surface area contributed by atoms with E-state index in [1.54, 1.807) is 17.8 Å². The van der Waals surface area contributed by atoms with Crippen LogP contribution in [-0.4, -0.2) is 30.5 Å². The quantitative estimate of drug-likeness (QED) is 0.756. The number of benzene rings is 2. The Bertz CT molecular complexity index is 793. The number of oxime groups is 1. The SMILES string of the molecule is CSc1ccc(CC(=O)NCC2CC(Cc3cccc(F)c3)=NO2)cc1. The lowest BCUT2D eigenvalue weighted by atomic mass is 10.0. The molecule has 0 radical (unpaired) electrons. The Morgan fingerprint density at radius 3 is 2.81 bits per heavy atom. The van der Waals surface area contributed by atoms with Crippen molar-refractivity contribution in [3.8, 4) is 0 Å². The van der Waals surface area contributed by atoms with Crippen LogP contribution in [0.4, 0.5) is 4.39 Å². The Morgan fingerprint density at radius 1 is 1.27 bits per heavy atom. The van der Waals surface area contributed by atoms with Crippen molar-refractivity contribution >= 4 is 23.4 Å². The number of hydrogen-bond donors (Lipinski definition) is 1. The summed E-state index contributed by atoms with van der Waals surface area (Å²) in [7, 11) is 0. The van der Waals surface area contributed by atoms with Crippen LogP contribution in [0.5, 0.6) is 0 Å². The highest BCUT2D eigenvalue weighted by molar-refractivity contribution is 7.98. The molecule has 26 heavy (non-hydrogen) atoms. The molecule has 1 amide bonds. The van der Waals surface area contributed by atoms with E-state index < -0.39 is 0 Å². The van der Waals surface area contributed by atoms with Gasteiger partial charge in [0.2, 0.25) is 5.91 Å². The predicted octanol–water partition coefficient (Wildman–Crippen LogP) is 3.59. The zero-order valence-electron chi connectivity index (χ0n) is 14.6. The van der Waals surface area contributed by atoms with Gasteiger partial charge in [-0.3, -0.25) is 4.79 Å². The van der Waals surface area contributed by atoms with Gasteiger partial charge in [-0.05, 0) is 41.6 Å². The molecule has 0 saturated heterocycles. The first-order valence-electron chi connectivity index (χ1n) is 8.48. The summed E-state index contributed by atoms with van der Waals surface area (Å²) >= 11 is 1.67. The van der Waals surface area contributed by atoms with Gasteiger partial charge < -0.3 is 10.2 Å². The highest BCUT2D eigenvalue weighted by atomic mass is 32.2. The Labute approximate surface area is 156 Å². The van der Waals surface area contributed by atoms with Crippen molar-refractivity contribution in [2.75, 3.05) is 12.8 Å². The molecule has 1 aliphatic rings. The molecule has 1 heterocycles. The maximum atomic E-state index is 13.2. The smallest absolute Gasteiger partial charge is 0.224 e. The molecule has 136 valence electrons. The standard InChI is InChI=1S/C20H21FN2O2S/c1-26-19-7-5-14(6-8-19)11-20(24)22-13-18-12-17(23-25-18)10-15-3-2-4-16(21)9-15/h2-9,18H,10-13H2,1H3,(H,22,24). The molecule has 2 aromatic rings. The molecule has 0 fully saturated rings. The lowest BCUT2D eigenvalue weighted by Crippen LogP contribution is -2.33. The van der Waals surface area contributed by atoms with Crippen LogP contribution in [0, 0.1) is 5.82 Å². The molecule has 0 bridgehead atoms. The van der Waals surface area contributed by atoms with Gasteiger partial charge in [-0.2, -0.15) is 0 Å². The van der Waals surface area contributed by atoms with E-state index in [0.29, 0.717) is 25.8 Å². The second-order valence-corrected chi connectivity index (χ2v) is 7.10. The molecule has 3 rings (SSSR count). The van der Waals surface area contributed by atoms with Crippen molar-refractivity contribution < 1.29 is 14.0 Å². The molecular formula is C20H21FN2O2S. The number of nitrogens with one attached hydrogen (secondary N) is 1. The molecule has 1 atom stereocenters. The third-order valence-electron chi connectivity index (χ3n) is 4.14. The number of halogens is 1. The van der Waals surface area contributed by atoms with Gasteiger partial charge in [0.15, 0.2) is 0 Å². The minimum absolute atomic E-state index is 0.0379. The molecule has 1 aliphatic heterocycles. The van der Waals surface area contributed by atoms with Gasteiger partial charge in [-0.25, -0.2) is 4.39 Å². The van der Waals surface area contributed by atoms with Crippen LogP contribution in [0.1, 0.15) is 17.5 Å². The van der Waals surface area contributed by atoms with Crippen LogP contribution in [-0.2, 0) is 22.5 Å². The molecule has 6 heteroatoms. The van der Waals surface area contributed by atoms with Gasteiger partial charge in [-0.1, -0.05) is 29.4 Å². The molecule has 0 aromatic heterocycles. The maximum Gasteiger partial charge on any atom is 0.224 e. The first-order valence-corrected chi connectivity index (χ1v) is 9.70. The topological polar surface area (TPSA) is 50.7 Å². The maximum absolute atomic E-state index is 13.2. The highest BCUT2D eigenvalue weighted by Crippen LogP contribution is 2.16. The first kappa shape index (κ1) is 18.5. The van der Waals surface area contributed by atoms with Crippen LogP contribution in [0.25, 0.3) is 0 Å². The van der Waals surface area contributed by atoms with Gasteiger partial charge in [0.1, 0.15) is 11.9 Å². The van der Waals surface area contributed by atoms with E-state index in [2.05, 4.69) is 10.5 Å². The molecule has 2 aromatic carbocycles. The minimum atomic E-state index is -0.253. The summed E-state index contributed by atoms with van der Waals surface area (Å²) in [6.45, 7) is 0.415. The van der Waals surface area contributed by atoms with Crippen molar-refractivity contribution in [3.63, 3.8) is 0 Å². The van der Waals surface area contributed by atoms with E-state index in [4.69, 9.17) is 4.84 Å². The van der Waals surface area contributed by atoms with Crippen molar-refractivity contribution in [1.29, 1.82) is 0 Å². The monoisotopic (exact) mass is 372 g/mol. The van der Waals surface area contributed by atoms with Crippen LogP contribution in [0.15, 0.2) is 58.6 Å². The molecular weight excluding hydrogens is 351 g/mol. The summed E-state index contributed by atoms with van der Waals surface area (Å²) in [6.07, 6.45) is 3.40. The number of nitrogens with zero attached hydrogens (tertiary/aromatic N) is 1. The van der Waals surface area contributed by atoms with Gasteiger partial charge in [-0.15, -0.1) is 11.8 Å². The third kappa shape index (κ3) is 5.33. The average Bonchev–Trinajstić information content (AvgIpc) is 3.08. The van der Waals surface area contributed by atoms with Crippen molar-refractivity contribution in [3.05, 3.63) is 65.5 Å². The summed E-state index contributed by atoms with van der Waals surface area (Å²) in [4.78, 5) is 18.6. The Balaban J connectivity index is 1.41. The highest BCUT2D eigenvalue weighted by Gasteiger charge is 2.21. The van der Waals surface area contributed by atoms with E-state index in [1.165, 1.54) is 17.0 Å². The summed E-state index contributed by atoms with van der Waals surface area (Å²) in [5.74, 6) is -0.291. The summed E-state index contributed by atoms with van der Waals surface area (Å²) < 4.78 is 13.2. The predicted molar refractivity (Wildman–Crippen MR) is 102 cm³/mol. The number of thioether (sulfide) groups is 1. The fourth-order valence-electron chi connectivity index (χ4n) is 2.80. The van der Waals surface area contributed by atoms with Crippen LogP contribution < -0.4 is 5.32 Å². The largest absolute Gasteiger partial charge is 0.390 e. The number of amides is 1. The van der Waals surface area contributed by atoms with Gasteiger partial charge in [0.05, 0.1) is 18.7 Å². The number of carbonyl (C=O) groups is 1. The normalized spacial score (nSPS) is 16.1. The van der Waals surface area contributed by atoms with E-state index in [0.717, 1.165) is 16.8 Å². The first-order chi connectivity index (χ1) is 12.6. The van der Waals surface area contributed by atoms with Crippen LogP contribution in [0.2, 0.25) is 0 Å². The minimum Gasteiger partial charge on any atom is -0.390 e. The molecule has 0 saturated carbocycles. The Hall–Kier alpha value is -2.34. The Morgan fingerprint density at radius 2 is 2.08 bits per heavy atom. The van der Waals surface area contributed by atoms with Crippen molar-refractivity contribution in [2.45, 2.75) is 30.3 Å². The average molecular weight is 372 g/mol. The molecule has 1 unspecified atom stereocenters. The second kappa shape index (κ2) is 8.85. The van der Waals surface area contributed by atoms with E-state index in [-0.39, 0.29) is 17.8 Å². The fourth-order valence-corrected chi connectivity index (χ4v) is 3.21. The Kier molecular flexibility index (Phi) is 6.28. The molecule has 4 nitrogen and oxygen atoms in total. The number of carbonyl (C=O) groups excluding carboxylic acids is 1. The summed E-state index contributed by atoms with van der Waals surface area (Å²) in [5.41, 5.74) is 2.71. The number of hydrogen-bond acceptors (Lipinski definition) is 4. The molecule has 1 N–H and O–H groups in total. The van der Waals surface area contributed by atoms with Gasteiger partial charge in [0.25, 0.3) is 0 Å². The fraction of sp³-hybridized carbons (Fsp3) is 0.300. The molecule has 0 spiro atoms. The van der Waals surface area contributed by atoms with Crippen molar-refractivity contribution in [1.82, 2.24) is 5.32 Å². The molecule has 0 aliphatic carbocycles. The van der Waals surface area contributed by atoms with E-state index in [9.17, 15) is 9.18 Å². The summed E-state index contributed by atoms with van der Waals surface area (Å²) in [5, 5.41) is 6.96. The van der Waals surface area contributed by atoms with Gasteiger partial charge >= 0.3 is 0 Å². The van der Waals surface area contributed by atoms with Crippen LogP contribution >= 0.6 is 11.8 Å².